The van der Waals surface area contributed by atoms with Crippen LogP contribution in [0.1, 0.15) is 49.8 Å². The Labute approximate surface area is 148 Å². The first-order chi connectivity index (χ1) is 12.4. The Hall–Kier alpha value is -2.90. The minimum absolute atomic E-state index is 0.0285. The van der Waals surface area contributed by atoms with Gasteiger partial charge in [0.1, 0.15) is 0 Å². The lowest BCUT2D eigenvalue weighted by molar-refractivity contribution is 0.116. The first-order valence-electron chi connectivity index (χ1n) is 8.24. The molecule has 8 heteroatoms. The maximum Gasteiger partial charge on any atom is 0.314 e. The molecular weight excluding hydrogens is 340 g/mol. The van der Waals surface area contributed by atoms with Gasteiger partial charge in [-0.15, -0.1) is 10.2 Å². The standard InChI is InChI=1S/C18H17F2N5O/c1-18(2)7-13(11-5-3-4-6-12(11)18)23-17-21-8-10(9-22-17)15-24-25-16(26-15)14(19)20/h3-6,8-9,13-14H,7H2,1-2H3,(H,21,22,23). The summed E-state index contributed by atoms with van der Waals surface area (Å²) >= 11 is 0. The van der Waals surface area contributed by atoms with Gasteiger partial charge in [-0.25, -0.2) is 9.97 Å². The highest BCUT2D eigenvalue weighted by molar-refractivity contribution is 5.51. The van der Waals surface area contributed by atoms with E-state index < -0.39 is 12.3 Å². The van der Waals surface area contributed by atoms with E-state index in [1.807, 2.05) is 12.1 Å². The van der Waals surface area contributed by atoms with Gasteiger partial charge in [0.25, 0.3) is 11.8 Å². The second-order valence-electron chi connectivity index (χ2n) is 6.91. The van der Waals surface area contributed by atoms with E-state index in [4.69, 9.17) is 4.42 Å². The van der Waals surface area contributed by atoms with Crippen LogP contribution in [0, 0.1) is 0 Å². The Morgan fingerprint density at radius 3 is 2.58 bits per heavy atom. The van der Waals surface area contributed by atoms with Crippen LogP contribution in [0.5, 0.6) is 0 Å². The van der Waals surface area contributed by atoms with Crippen LogP contribution in [-0.2, 0) is 5.41 Å². The molecule has 0 saturated heterocycles. The maximum atomic E-state index is 12.5. The van der Waals surface area contributed by atoms with Gasteiger partial charge in [0.2, 0.25) is 5.95 Å². The van der Waals surface area contributed by atoms with Gasteiger partial charge < -0.3 is 9.73 Å². The van der Waals surface area contributed by atoms with Crippen LogP contribution in [0.2, 0.25) is 0 Å². The van der Waals surface area contributed by atoms with E-state index in [0.29, 0.717) is 11.5 Å². The smallest absolute Gasteiger partial charge is 0.314 e. The van der Waals surface area contributed by atoms with Gasteiger partial charge in [-0.1, -0.05) is 38.1 Å². The third-order valence-corrected chi connectivity index (χ3v) is 4.61. The molecule has 2 aromatic heterocycles. The highest BCUT2D eigenvalue weighted by atomic mass is 19.3. The fraction of sp³-hybridized carbons (Fsp3) is 0.333. The molecule has 1 aliphatic rings. The van der Waals surface area contributed by atoms with E-state index in [0.717, 1.165) is 6.42 Å². The molecular formula is C18H17F2N5O. The summed E-state index contributed by atoms with van der Waals surface area (Å²) in [6.45, 7) is 4.43. The topological polar surface area (TPSA) is 76.7 Å². The number of alkyl halides is 2. The fourth-order valence-corrected chi connectivity index (χ4v) is 3.38. The van der Waals surface area contributed by atoms with Crippen LogP contribution in [0.25, 0.3) is 11.5 Å². The van der Waals surface area contributed by atoms with Gasteiger partial charge in [-0.3, -0.25) is 0 Å². The number of benzene rings is 1. The summed E-state index contributed by atoms with van der Waals surface area (Å²) in [4.78, 5) is 8.51. The SMILES string of the molecule is CC1(C)CC(Nc2ncc(-c3nnc(C(F)F)o3)cn2)c2ccccc21. The van der Waals surface area contributed by atoms with Crippen molar-refractivity contribution in [1.29, 1.82) is 0 Å². The van der Waals surface area contributed by atoms with Crippen molar-refractivity contribution in [2.75, 3.05) is 5.32 Å². The molecule has 1 atom stereocenters. The predicted molar refractivity (Wildman–Crippen MR) is 90.7 cm³/mol. The van der Waals surface area contributed by atoms with Crippen molar-refractivity contribution in [3.8, 4) is 11.5 Å². The number of nitrogens with zero attached hydrogens (tertiary/aromatic N) is 4. The van der Waals surface area contributed by atoms with Crippen LogP contribution in [0.4, 0.5) is 14.7 Å². The number of anilines is 1. The van der Waals surface area contributed by atoms with Crippen molar-refractivity contribution in [3.63, 3.8) is 0 Å². The Morgan fingerprint density at radius 2 is 1.88 bits per heavy atom. The van der Waals surface area contributed by atoms with E-state index in [1.165, 1.54) is 23.5 Å². The minimum Gasteiger partial charge on any atom is -0.415 e. The van der Waals surface area contributed by atoms with Crippen molar-refractivity contribution >= 4 is 5.95 Å². The molecule has 1 aliphatic carbocycles. The summed E-state index contributed by atoms with van der Waals surface area (Å²) in [6.07, 6.45) is 1.08. The van der Waals surface area contributed by atoms with Gasteiger partial charge in [0.15, 0.2) is 0 Å². The predicted octanol–water partition coefficient (Wildman–Crippen LogP) is 4.30. The maximum absolute atomic E-state index is 12.5. The lowest BCUT2D eigenvalue weighted by atomic mass is 9.86. The van der Waals surface area contributed by atoms with Crippen molar-refractivity contribution in [2.45, 2.75) is 38.2 Å². The summed E-state index contributed by atoms with van der Waals surface area (Å²) in [5.41, 5.74) is 3.02. The fourth-order valence-electron chi connectivity index (χ4n) is 3.38. The van der Waals surface area contributed by atoms with E-state index in [1.54, 1.807) is 0 Å². The molecule has 1 aromatic carbocycles. The largest absolute Gasteiger partial charge is 0.415 e. The summed E-state index contributed by atoms with van der Waals surface area (Å²) in [7, 11) is 0. The minimum atomic E-state index is -2.80. The van der Waals surface area contributed by atoms with Crippen LogP contribution < -0.4 is 5.32 Å². The molecule has 0 fully saturated rings. The number of halogens is 2. The Morgan fingerprint density at radius 1 is 1.15 bits per heavy atom. The molecule has 0 saturated carbocycles. The third kappa shape index (κ3) is 2.91. The second kappa shape index (κ2) is 6.12. The Kier molecular flexibility index (Phi) is 3.90. The van der Waals surface area contributed by atoms with Gasteiger partial charge in [-0.2, -0.15) is 8.78 Å². The number of aromatic nitrogens is 4. The molecule has 0 bridgehead atoms. The van der Waals surface area contributed by atoms with Crippen molar-refractivity contribution in [2.24, 2.45) is 0 Å². The molecule has 0 radical (unpaired) electrons. The Balaban J connectivity index is 1.53. The summed E-state index contributed by atoms with van der Waals surface area (Å²) < 4.78 is 30.0. The zero-order chi connectivity index (χ0) is 18.3. The molecule has 2 heterocycles. The van der Waals surface area contributed by atoms with Crippen LogP contribution in [0.3, 0.4) is 0 Å². The summed E-state index contributed by atoms with van der Waals surface area (Å²) in [5.74, 6) is -0.286. The normalized spacial score (nSPS) is 18.1. The molecule has 134 valence electrons. The highest BCUT2D eigenvalue weighted by Crippen LogP contribution is 2.45. The molecule has 0 aliphatic heterocycles. The number of nitrogens with one attached hydrogen (secondary N) is 1. The number of rotatable bonds is 4. The first-order valence-corrected chi connectivity index (χ1v) is 8.24. The monoisotopic (exact) mass is 357 g/mol. The average molecular weight is 357 g/mol. The van der Waals surface area contributed by atoms with Crippen molar-refractivity contribution < 1.29 is 13.2 Å². The second-order valence-corrected chi connectivity index (χ2v) is 6.91. The van der Waals surface area contributed by atoms with E-state index in [2.05, 4.69) is 51.5 Å². The van der Waals surface area contributed by atoms with E-state index >= 15 is 0 Å². The highest BCUT2D eigenvalue weighted by Gasteiger charge is 2.36. The number of fused-ring (bicyclic) bond motifs is 1. The van der Waals surface area contributed by atoms with Crippen LogP contribution in [0.15, 0.2) is 41.1 Å². The number of hydrogen-bond acceptors (Lipinski definition) is 6. The van der Waals surface area contributed by atoms with Crippen molar-refractivity contribution in [1.82, 2.24) is 20.2 Å². The molecule has 6 nitrogen and oxygen atoms in total. The van der Waals surface area contributed by atoms with Crippen LogP contribution >= 0.6 is 0 Å². The molecule has 1 unspecified atom stereocenters. The van der Waals surface area contributed by atoms with Gasteiger partial charge >= 0.3 is 6.43 Å². The molecule has 3 aromatic rings. The number of hydrogen-bond donors (Lipinski definition) is 1. The zero-order valence-electron chi connectivity index (χ0n) is 14.3. The van der Waals surface area contributed by atoms with Crippen LogP contribution in [-0.4, -0.2) is 20.2 Å². The van der Waals surface area contributed by atoms with E-state index in [-0.39, 0.29) is 17.3 Å². The quantitative estimate of drug-likeness (QED) is 0.750. The van der Waals surface area contributed by atoms with Crippen molar-refractivity contribution in [3.05, 3.63) is 53.7 Å². The Bertz CT molecular complexity index is 923. The van der Waals surface area contributed by atoms with Gasteiger partial charge in [-0.05, 0) is 23.0 Å². The lowest BCUT2D eigenvalue weighted by Crippen LogP contribution is -2.15. The van der Waals surface area contributed by atoms with Gasteiger partial charge in [0, 0.05) is 12.4 Å². The molecule has 0 spiro atoms. The first kappa shape index (κ1) is 16.6. The average Bonchev–Trinajstić information content (AvgIpc) is 3.20. The summed E-state index contributed by atoms with van der Waals surface area (Å²) in [5, 5.41) is 10.2. The molecule has 4 rings (SSSR count). The van der Waals surface area contributed by atoms with Gasteiger partial charge in [0.05, 0.1) is 11.6 Å². The third-order valence-electron chi connectivity index (χ3n) is 4.61. The molecule has 26 heavy (non-hydrogen) atoms. The zero-order valence-corrected chi connectivity index (χ0v) is 14.3. The summed E-state index contributed by atoms with van der Waals surface area (Å²) in [6, 6.07) is 8.44. The van der Waals surface area contributed by atoms with E-state index in [9.17, 15) is 8.78 Å². The lowest BCUT2D eigenvalue weighted by Gasteiger charge is -2.19. The molecule has 1 N–H and O–H groups in total. The molecule has 0 amide bonds.